The first kappa shape index (κ1) is 16.6. The number of oxazole rings is 1. The molecule has 1 aliphatic rings. The Morgan fingerprint density at radius 2 is 1.96 bits per heavy atom. The molecule has 1 aliphatic carbocycles. The molecule has 0 aliphatic heterocycles. The lowest BCUT2D eigenvalue weighted by Crippen LogP contribution is -2.32. The molecule has 0 saturated heterocycles. The summed E-state index contributed by atoms with van der Waals surface area (Å²) in [6.07, 6.45) is 5.13. The van der Waals surface area contributed by atoms with Crippen LogP contribution in [0, 0.1) is 0 Å². The first-order chi connectivity index (χ1) is 12.7. The predicted molar refractivity (Wildman–Crippen MR) is 99.5 cm³/mol. The van der Waals surface area contributed by atoms with Gasteiger partial charge in [0.25, 0.3) is 5.91 Å². The minimum Gasteiger partial charge on any atom is -0.497 e. The van der Waals surface area contributed by atoms with E-state index >= 15 is 0 Å². The summed E-state index contributed by atoms with van der Waals surface area (Å²) in [6, 6.07) is 13.6. The number of methoxy groups -OCH3 is 1. The van der Waals surface area contributed by atoms with Crippen molar-refractivity contribution in [3.8, 4) is 5.75 Å². The Morgan fingerprint density at radius 1 is 1.19 bits per heavy atom. The molecule has 0 unspecified atom stereocenters. The van der Waals surface area contributed by atoms with Crippen LogP contribution in [0.5, 0.6) is 5.75 Å². The van der Waals surface area contributed by atoms with Gasteiger partial charge >= 0.3 is 0 Å². The van der Waals surface area contributed by atoms with Gasteiger partial charge in [-0.25, -0.2) is 4.98 Å². The summed E-state index contributed by atoms with van der Waals surface area (Å²) in [5.41, 5.74) is 3.13. The van der Waals surface area contributed by atoms with Gasteiger partial charge in [0.2, 0.25) is 0 Å². The van der Waals surface area contributed by atoms with Crippen molar-refractivity contribution in [1.82, 2.24) is 10.3 Å². The smallest absolute Gasteiger partial charge is 0.251 e. The van der Waals surface area contributed by atoms with Crippen molar-refractivity contribution < 1.29 is 13.9 Å². The molecule has 1 fully saturated rings. The highest BCUT2D eigenvalue weighted by Crippen LogP contribution is 2.22. The van der Waals surface area contributed by atoms with Gasteiger partial charge in [-0.3, -0.25) is 4.79 Å². The molecule has 3 aromatic rings. The van der Waals surface area contributed by atoms with Crippen LogP contribution in [0.4, 0.5) is 0 Å². The first-order valence-corrected chi connectivity index (χ1v) is 9.04. The number of hydrogen-bond acceptors (Lipinski definition) is 4. The second kappa shape index (κ2) is 7.20. The number of rotatable bonds is 5. The lowest BCUT2D eigenvalue weighted by molar-refractivity contribution is 0.0938. The molecule has 1 amide bonds. The lowest BCUT2D eigenvalue weighted by Gasteiger charge is -2.11. The third-order valence-corrected chi connectivity index (χ3v) is 4.90. The van der Waals surface area contributed by atoms with E-state index in [2.05, 4.69) is 10.3 Å². The predicted octanol–water partition coefficient (Wildman–Crippen LogP) is 4.10. The fourth-order valence-corrected chi connectivity index (χ4v) is 3.45. The number of benzene rings is 2. The van der Waals surface area contributed by atoms with Crippen LogP contribution in [-0.4, -0.2) is 24.0 Å². The summed E-state index contributed by atoms with van der Waals surface area (Å²) in [6.45, 7) is 0. The number of nitrogens with one attached hydrogen (secondary N) is 1. The minimum atomic E-state index is -0.0353. The number of aromatic nitrogens is 1. The fraction of sp³-hybridized carbons (Fsp3) is 0.333. The van der Waals surface area contributed by atoms with Crippen LogP contribution >= 0.6 is 0 Å². The zero-order valence-corrected chi connectivity index (χ0v) is 14.8. The number of carbonyl (C=O) groups is 1. The van der Waals surface area contributed by atoms with Gasteiger partial charge in [0.1, 0.15) is 11.3 Å². The molecule has 1 heterocycles. The zero-order chi connectivity index (χ0) is 17.9. The van der Waals surface area contributed by atoms with Gasteiger partial charge in [0.15, 0.2) is 11.5 Å². The number of fused-ring (bicyclic) bond motifs is 1. The maximum atomic E-state index is 12.4. The van der Waals surface area contributed by atoms with Gasteiger partial charge in [-0.2, -0.15) is 0 Å². The van der Waals surface area contributed by atoms with E-state index in [4.69, 9.17) is 9.15 Å². The average Bonchev–Trinajstić information content (AvgIpc) is 3.30. The summed E-state index contributed by atoms with van der Waals surface area (Å²) < 4.78 is 11.0. The van der Waals surface area contributed by atoms with Crippen molar-refractivity contribution in [2.75, 3.05) is 7.11 Å². The Bertz CT molecular complexity index is 909. The van der Waals surface area contributed by atoms with E-state index in [0.717, 1.165) is 29.7 Å². The van der Waals surface area contributed by atoms with E-state index in [1.807, 2.05) is 36.4 Å². The van der Waals surface area contributed by atoms with Crippen LogP contribution in [0.15, 0.2) is 46.9 Å². The molecule has 0 atom stereocenters. The zero-order valence-electron chi connectivity index (χ0n) is 14.8. The molecule has 4 rings (SSSR count). The highest BCUT2D eigenvalue weighted by molar-refractivity contribution is 5.97. The van der Waals surface area contributed by atoms with Crippen LogP contribution < -0.4 is 10.1 Å². The second-order valence-corrected chi connectivity index (χ2v) is 6.77. The van der Waals surface area contributed by atoms with Gasteiger partial charge < -0.3 is 14.5 Å². The average molecular weight is 350 g/mol. The normalized spacial score (nSPS) is 14.7. The van der Waals surface area contributed by atoms with E-state index < -0.39 is 0 Å². The Labute approximate surface area is 152 Å². The van der Waals surface area contributed by atoms with Crippen molar-refractivity contribution in [3.05, 3.63) is 59.5 Å². The quantitative estimate of drug-likeness (QED) is 0.752. The topological polar surface area (TPSA) is 64.4 Å². The Balaban J connectivity index is 1.50. The molecule has 0 bridgehead atoms. The Hall–Kier alpha value is -2.82. The van der Waals surface area contributed by atoms with Crippen LogP contribution in [-0.2, 0) is 6.42 Å². The van der Waals surface area contributed by atoms with Crippen molar-refractivity contribution in [2.24, 2.45) is 0 Å². The largest absolute Gasteiger partial charge is 0.497 e. The van der Waals surface area contributed by atoms with Gasteiger partial charge in [-0.05, 0) is 48.7 Å². The molecule has 1 saturated carbocycles. The standard InChI is InChI=1S/C21H22N2O3/c1-25-17-9-6-14(7-10-17)12-20-23-18-11-8-15(13-19(18)26-20)21(24)22-16-4-2-3-5-16/h6-11,13,16H,2-5,12H2,1H3,(H,22,24). The molecular weight excluding hydrogens is 328 g/mol. The molecule has 0 radical (unpaired) electrons. The molecule has 2 aromatic carbocycles. The number of ether oxygens (including phenoxy) is 1. The van der Waals surface area contributed by atoms with Crippen molar-refractivity contribution in [2.45, 2.75) is 38.1 Å². The first-order valence-electron chi connectivity index (χ1n) is 9.04. The minimum absolute atomic E-state index is 0.0353. The van der Waals surface area contributed by atoms with Gasteiger partial charge in [0.05, 0.1) is 7.11 Å². The summed E-state index contributed by atoms with van der Waals surface area (Å²) >= 11 is 0. The molecule has 5 heteroatoms. The molecule has 26 heavy (non-hydrogen) atoms. The highest BCUT2D eigenvalue weighted by atomic mass is 16.5. The number of carbonyl (C=O) groups excluding carboxylic acids is 1. The van der Waals surface area contributed by atoms with Crippen molar-refractivity contribution in [3.63, 3.8) is 0 Å². The van der Waals surface area contributed by atoms with Crippen molar-refractivity contribution >= 4 is 17.0 Å². The number of nitrogens with zero attached hydrogens (tertiary/aromatic N) is 1. The SMILES string of the molecule is COc1ccc(Cc2nc3ccc(C(=O)NC4CCCC4)cc3o2)cc1. The van der Waals surface area contributed by atoms with Crippen LogP contribution in [0.1, 0.15) is 47.5 Å². The molecule has 1 aromatic heterocycles. The molecule has 0 spiro atoms. The third-order valence-electron chi connectivity index (χ3n) is 4.90. The summed E-state index contributed by atoms with van der Waals surface area (Å²) in [4.78, 5) is 16.9. The summed E-state index contributed by atoms with van der Waals surface area (Å²) in [7, 11) is 1.65. The maximum absolute atomic E-state index is 12.4. The van der Waals surface area contributed by atoms with E-state index in [1.165, 1.54) is 12.8 Å². The van der Waals surface area contributed by atoms with Gasteiger partial charge in [-0.1, -0.05) is 25.0 Å². The monoisotopic (exact) mass is 350 g/mol. The number of amides is 1. The van der Waals surface area contributed by atoms with E-state index in [9.17, 15) is 4.79 Å². The summed E-state index contributed by atoms with van der Waals surface area (Å²) in [5, 5.41) is 3.10. The van der Waals surface area contributed by atoms with Crippen LogP contribution in [0.25, 0.3) is 11.1 Å². The molecule has 1 N–H and O–H groups in total. The molecular formula is C21H22N2O3. The van der Waals surface area contributed by atoms with Crippen LogP contribution in [0.2, 0.25) is 0 Å². The second-order valence-electron chi connectivity index (χ2n) is 6.77. The molecule has 5 nitrogen and oxygen atoms in total. The van der Waals surface area contributed by atoms with E-state index in [-0.39, 0.29) is 5.91 Å². The number of hydrogen-bond donors (Lipinski definition) is 1. The fourth-order valence-electron chi connectivity index (χ4n) is 3.45. The highest BCUT2D eigenvalue weighted by Gasteiger charge is 2.18. The van der Waals surface area contributed by atoms with Gasteiger partial charge in [-0.15, -0.1) is 0 Å². The van der Waals surface area contributed by atoms with E-state index in [0.29, 0.717) is 29.5 Å². The van der Waals surface area contributed by atoms with Gasteiger partial charge in [0, 0.05) is 18.0 Å². The Morgan fingerprint density at radius 3 is 2.69 bits per heavy atom. The van der Waals surface area contributed by atoms with E-state index in [1.54, 1.807) is 13.2 Å². The molecule has 134 valence electrons. The maximum Gasteiger partial charge on any atom is 0.251 e. The van der Waals surface area contributed by atoms with Crippen molar-refractivity contribution in [1.29, 1.82) is 0 Å². The summed E-state index contributed by atoms with van der Waals surface area (Å²) in [5.74, 6) is 1.43. The lowest BCUT2D eigenvalue weighted by atomic mass is 10.1. The third kappa shape index (κ3) is 3.57. The van der Waals surface area contributed by atoms with Crippen LogP contribution in [0.3, 0.4) is 0 Å². The Kier molecular flexibility index (Phi) is 4.61.